The molecule has 0 saturated carbocycles. The fourth-order valence-corrected chi connectivity index (χ4v) is 3.29. The van der Waals surface area contributed by atoms with Gasteiger partial charge in [-0.15, -0.1) is 38.7 Å². The molecule has 0 aliphatic heterocycles. The largest absolute Gasteiger partial charge is 0.480 e. The van der Waals surface area contributed by atoms with E-state index in [-0.39, 0.29) is 56.9 Å². The molecular formula is C47H87ClIN3O15. The molecule has 67 heavy (non-hydrogen) atoms. The third-order valence-electron chi connectivity index (χ3n) is 5.88. The highest BCUT2D eigenvalue weighted by atomic mass is 127. The number of unbranched alkanes of at least 4 members (excludes halogenated alkanes) is 4. The van der Waals surface area contributed by atoms with E-state index in [1.165, 1.54) is 22.6 Å². The number of hydrogen-bond donors (Lipinski definition) is 4. The molecule has 0 saturated heterocycles. The average molecular weight is 1110 g/mol. The molecule has 0 aliphatic rings. The summed E-state index contributed by atoms with van der Waals surface area (Å²) in [6, 6.07) is 0. The second-order valence-corrected chi connectivity index (χ2v) is 15.9. The number of ether oxygens (including phenoxy) is 6. The van der Waals surface area contributed by atoms with Crippen molar-refractivity contribution in [2.45, 2.75) is 143 Å². The van der Waals surface area contributed by atoms with Gasteiger partial charge in [0.15, 0.2) is 0 Å². The molecule has 0 atom stereocenters. The number of rotatable bonds is 24. The Kier molecular flexibility index (Phi) is 43.6. The van der Waals surface area contributed by atoms with Crippen molar-refractivity contribution in [2.24, 2.45) is 0 Å². The Hall–Kier alpha value is -4.21. The fourth-order valence-electron chi connectivity index (χ4n) is 3.29. The molecule has 0 fully saturated rings. The monoisotopic (exact) mass is 1100 g/mol. The number of carbonyl (C=O) groups is 7. The molecule has 0 unspecified atom stereocenters. The Balaban J connectivity index is -0.000000158. The molecule has 0 aliphatic carbocycles. The van der Waals surface area contributed by atoms with Crippen LogP contribution in [-0.4, -0.2) is 139 Å². The lowest BCUT2D eigenvalue weighted by atomic mass is 10.2. The van der Waals surface area contributed by atoms with Crippen LogP contribution in [0.2, 0.25) is 0 Å². The predicted molar refractivity (Wildman–Crippen MR) is 275 cm³/mol. The van der Waals surface area contributed by atoms with Crippen molar-refractivity contribution < 1.29 is 84.5 Å². The van der Waals surface area contributed by atoms with Crippen LogP contribution in [0.1, 0.15) is 139 Å². The smallest absolute Gasteiger partial charge is 0.410 e. The standard InChI is InChI=1S/C13H23NO4.C13H22O4.C8H15NO2.C7H13NO4.C5H10O.CH3I.ClH/c1-6-7-8-9-17-11(15)10-14(5)12(16)18-13(2,3)4;1-5-6-7-10-16-11(14)8-9-12(15)17-13(2,3)4;1-3-4-5-6-11-8(10)7-9-2;1-7(2,3)12-6(11)8-4-5(9)10;1-2-3-4-5-6;1-2;/h6H,1,7-10H2,2-5H3;5H,1,6-10H2,2-4H3;3,9H,1,4-7H2,2H3;4H2,1-3H3,(H,8,11)(H,9,10);2,6H,1,3-5H2;1H3;1H/i5D3;;2D3;;;1D3;. The normalized spacial score (nSPS) is 12.4. The minimum absolute atomic E-state index is 0. The molecule has 394 valence electrons. The molecule has 0 aromatic rings. The lowest BCUT2D eigenvalue weighted by Gasteiger charge is -2.24. The van der Waals surface area contributed by atoms with Gasteiger partial charge in [0.2, 0.25) is 0 Å². The van der Waals surface area contributed by atoms with Crippen LogP contribution in [0.25, 0.3) is 0 Å². The van der Waals surface area contributed by atoms with Gasteiger partial charge >= 0.3 is 42.0 Å². The molecule has 0 heterocycles. The number of aliphatic hydroxyl groups excluding tert-OH is 1. The zero-order valence-corrected chi connectivity index (χ0v) is 44.1. The summed E-state index contributed by atoms with van der Waals surface area (Å²) in [7, 11) is 0. The number of esters is 4. The van der Waals surface area contributed by atoms with Gasteiger partial charge in [0.25, 0.3) is 0 Å². The van der Waals surface area contributed by atoms with Crippen LogP contribution < -0.4 is 10.6 Å². The Morgan fingerprint density at radius 1 is 0.627 bits per heavy atom. The van der Waals surface area contributed by atoms with E-state index >= 15 is 0 Å². The number of nitrogens with one attached hydrogen (secondary N) is 2. The van der Waals surface area contributed by atoms with E-state index < -0.39 is 78.8 Å². The van der Waals surface area contributed by atoms with Gasteiger partial charge in [-0.3, -0.25) is 24.0 Å². The van der Waals surface area contributed by atoms with Crippen molar-refractivity contribution in [1.29, 1.82) is 0 Å². The summed E-state index contributed by atoms with van der Waals surface area (Å²) in [5.74, 6) is -3.17. The first kappa shape index (κ1) is 57.1. The minimum atomic E-state index is -2.78. The van der Waals surface area contributed by atoms with E-state index in [9.17, 15) is 33.6 Å². The fraction of sp³-hybridized carbons (Fsp3) is 0.681. The van der Waals surface area contributed by atoms with Gasteiger partial charge in [-0.05, 0) is 126 Å². The van der Waals surface area contributed by atoms with Gasteiger partial charge in [0, 0.05) is 25.9 Å². The van der Waals surface area contributed by atoms with Crippen molar-refractivity contribution in [1.82, 2.24) is 15.5 Å². The number of carboxylic acid groups (broad SMARTS) is 1. The summed E-state index contributed by atoms with van der Waals surface area (Å²) < 4.78 is 90.3. The lowest BCUT2D eigenvalue weighted by Crippen LogP contribution is -2.37. The summed E-state index contributed by atoms with van der Waals surface area (Å²) in [6.45, 7) is 24.1. The molecule has 0 aromatic heterocycles. The van der Waals surface area contributed by atoms with Crippen LogP contribution in [0.4, 0.5) is 9.59 Å². The Morgan fingerprint density at radius 2 is 1.03 bits per heavy atom. The molecule has 0 bridgehead atoms. The number of aliphatic hydroxyl groups is 1. The molecule has 0 rings (SSSR count). The highest BCUT2D eigenvalue weighted by Gasteiger charge is 2.22. The van der Waals surface area contributed by atoms with Crippen molar-refractivity contribution in [3.05, 3.63) is 50.6 Å². The van der Waals surface area contributed by atoms with Crippen LogP contribution in [0.5, 0.6) is 0 Å². The predicted octanol–water partition coefficient (Wildman–Crippen LogP) is 8.71. The van der Waals surface area contributed by atoms with Crippen LogP contribution in [0, 0.1) is 0 Å². The number of allylic oxidation sites excluding steroid dienone is 4. The molecule has 0 spiro atoms. The first-order valence-corrected chi connectivity index (χ1v) is 21.9. The van der Waals surface area contributed by atoms with Gasteiger partial charge < -0.3 is 54.2 Å². The second-order valence-electron chi connectivity index (χ2n) is 15.9. The summed E-state index contributed by atoms with van der Waals surface area (Å²) in [4.78, 5) is 76.2. The summed E-state index contributed by atoms with van der Waals surface area (Å²) >= 11 is 1.38. The van der Waals surface area contributed by atoms with Gasteiger partial charge in [-0.25, -0.2) is 9.59 Å². The Bertz CT molecular complexity index is 1650. The maximum absolute atomic E-state index is 11.8. The highest BCUT2D eigenvalue weighted by molar-refractivity contribution is 14.1. The minimum Gasteiger partial charge on any atom is -0.480 e. The van der Waals surface area contributed by atoms with E-state index in [2.05, 4.69) is 36.9 Å². The molecule has 4 N–H and O–H groups in total. The second kappa shape index (κ2) is 51.2. The average Bonchev–Trinajstić information content (AvgIpc) is 3.22. The van der Waals surface area contributed by atoms with Crippen molar-refractivity contribution >= 4 is 77.0 Å². The van der Waals surface area contributed by atoms with Crippen molar-refractivity contribution in [3.8, 4) is 0 Å². The number of alkyl halides is 1. The molecule has 2 amide bonds. The SMILES string of the molecule is C=CCCCO.C=CCCCOC(=O)CCC(=O)OC(C)(C)C.CC(C)(C)OC(=O)NCC(=O)O.Cl.[2H]C([2H])([2H])I.[2H]C([2H])([2H])N(CC(=O)OCCCC=C)C(=O)OC(C)(C)C.[2H]C([2H])([2H])NCC(=O)OCCCC=C. The van der Waals surface area contributed by atoms with E-state index in [1.807, 2.05) is 0 Å². The maximum atomic E-state index is 11.8. The Labute approximate surface area is 434 Å². The van der Waals surface area contributed by atoms with Gasteiger partial charge in [-0.2, -0.15) is 0 Å². The zero-order valence-electron chi connectivity index (χ0n) is 50.1. The van der Waals surface area contributed by atoms with Crippen molar-refractivity contribution in [2.75, 3.05) is 64.9 Å². The number of aliphatic carboxylic acids is 1. The quantitative estimate of drug-likeness (QED) is 0.0176. The number of alkyl carbamates (subject to hydrolysis) is 1. The number of amides is 2. The highest BCUT2D eigenvalue weighted by Crippen LogP contribution is 2.10. The van der Waals surface area contributed by atoms with E-state index in [0.717, 1.165) is 32.1 Å². The molecular weight excluding hydrogens is 1010 g/mol. The van der Waals surface area contributed by atoms with Gasteiger partial charge in [0.05, 0.1) is 39.2 Å². The van der Waals surface area contributed by atoms with Crippen LogP contribution >= 0.6 is 35.0 Å². The summed E-state index contributed by atoms with van der Waals surface area (Å²) in [5.41, 5.74) is -1.96. The number of carboxylic acids is 1. The maximum Gasteiger partial charge on any atom is 0.410 e. The number of carbonyl (C=O) groups excluding carboxylic acids is 6. The number of likely N-dealkylation sites (N-methyl/N-ethyl adjacent to an activating group) is 2. The van der Waals surface area contributed by atoms with Crippen LogP contribution in [0.15, 0.2) is 50.6 Å². The lowest BCUT2D eigenvalue weighted by molar-refractivity contribution is -0.158. The third-order valence-corrected chi connectivity index (χ3v) is 5.88. The first-order chi connectivity index (χ1) is 34.0. The van der Waals surface area contributed by atoms with Gasteiger partial charge in [0.1, 0.15) is 29.9 Å². The first-order valence-electron chi connectivity index (χ1n) is 25.4. The van der Waals surface area contributed by atoms with Crippen LogP contribution in [0.3, 0.4) is 0 Å². The summed E-state index contributed by atoms with van der Waals surface area (Å²) in [5, 5.41) is 20.5. The molecule has 18 nitrogen and oxygen atoms in total. The van der Waals surface area contributed by atoms with Crippen LogP contribution in [-0.2, 0) is 52.4 Å². The number of hydrogen-bond acceptors (Lipinski definition) is 15. The Morgan fingerprint density at radius 3 is 1.39 bits per heavy atom. The van der Waals surface area contributed by atoms with Gasteiger partial charge in [-0.1, -0.05) is 46.9 Å². The molecule has 20 heteroatoms. The molecule has 0 aromatic carbocycles. The van der Waals surface area contributed by atoms with Crippen molar-refractivity contribution in [3.63, 3.8) is 0 Å². The summed E-state index contributed by atoms with van der Waals surface area (Å²) in [6.07, 6.45) is 11.5. The topological polar surface area (TPSA) is 243 Å². The van der Waals surface area contributed by atoms with E-state index in [1.54, 1.807) is 86.6 Å². The molecule has 0 radical (unpaired) electrons. The number of halogens is 2. The third kappa shape index (κ3) is 79.3. The van der Waals surface area contributed by atoms with E-state index in [0.29, 0.717) is 37.4 Å². The zero-order chi connectivity index (χ0) is 60.1. The number of nitrogens with zero attached hydrogens (tertiary/aromatic N) is 1. The van der Waals surface area contributed by atoms with E-state index in [4.69, 9.17) is 51.0 Å².